The van der Waals surface area contributed by atoms with Crippen LogP contribution in [0.3, 0.4) is 0 Å². The van der Waals surface area contributed by atoms with E-state index in [0.29, 0.717) is 0 Å². The van der Waals surface area contributed by atoms with Crippen LogP contribution in [0.15, 0.2) is 10.4 Å². The summed E-state index contributed by atoms with van der Waals surface area (Å²) < 4.78 is 12.4. The molecule has 1 aromatic rings. The maximum Gasteiger partial charge on any atom is 0.103 e. The Kier molecular flexibility index (Phi) is 2.56. The average molecular weight is 217 g/mol. The molecule has 0 saturated heterocycles. The zero-order valence-corrected chi connectivity index (χ0v) is 10.1. The molecule has 0 radical (unpaired) electrons. The molecule has 1 rings (SSSR count). The predicted molar refractivity (Wildman–Crippen MR) is 60.3 cm³/mol. The second-order valence-electron chi connectivity index (χ2n) is 4.24. The third-order valence-electron chi connectivity index (χ3n) is 1.55. The fraction of sp³-hybridized carbons (Fsp3) is 0.556. The molecule has 4 heteroatoms. The molecule has 0 N–H and O–H groups in total. The van der Waals surface area contributed by atoms with E-state index in [-0.39, 0.29) is 5.41 Å². The minimum atomic E-state index is -2.09. The van der Waals surface area contributed by atoms with Gasteiger partial charge in [-0.05, 0) is 5.87 Å². The van der Waals surface area contributed by atoms with Gasteiger partial charge in [0.05, 0.1) is 11.2 Å². The van der Waals surface area contributed by atoms with Gasteiger partial charge in [0.25, 0.3) is 0 Å². The second-order valence-corrected chi connectivity index (χ2v) is 7.98. The molecule has 0 amide bonds. The molecule has 2 nitrogen and oxygen atoms in total. The van der Waals surface area contributed by atoms with Crippen LogP contribution in [0.1, 0.15) is 25.8 Å². The first-order valence-electron chi connectivity index (χ1n) is 4.00. The highest BCUT2D eigenvalue weighted by molar-refractivity contribution is 8.01. The third kappa shape index (κ3) is 2.54. The van der Waals surface area contributed by atoms with E-state index in [4.69, 9.17) is 0 Å². The molecule has 0 fully saturated rings. The molecule has 1 heterocycles. The zero-order valence-electron chi connectivity index (χ0n) is 8.46. The van der Waals surface area contributed by atoms with E-state index in [1.165, 1.54) is 11.3 Å². The summed E-state index contributed by atoms with van der Waals surface area (Å²) in [6.07, 6.45) is 3.33. The van der Waals surface area contributed by atoms with Crippen LogP contribution in [0.2, 0.25) is 0 Å². The van der Waals surface area contributed by atoms with Crippen molar-refractivity contribution in [3.63, 3.8) is 0 Å². The van der Waals surface area contributed by atoms with E-state index in [9.17, 15) is 4.21 Å². The number of thiazole rings is 1. The summed E-state index contributed by atoms with van der Waals surface area (Å²) >= 11 is 1.50. The fourth-order valence-corrected chi connectivity index (χ4v) is 2.73. The normalized spacial score (nSPS) is 16.9. The molecule has 74 valence electrons. The van der Waals surface area contributed by atoms with E-state index in [1.54, 1.807) is 12.5 Å². The Hall–Kier alpha value is -0.350. The van der Waals surface area contributed by atoms with Gasteiger partial charge >= 0.3 is 0 Å². The molecule has 0 aromatic carbocycles. The van der Waals surface area contributed by atoms with Gasteiger partial charge < -0.3 is 0 Å². The van der Waals surface area contributed by atoms with Crippen molar-refractivity contribution in [3.8, 4) is 0 Å². The summed E-state index contributed by atoms with van der Waals surface area (Å²) in [6.45, 7) is 6.28. The van der Waals surface area contributed by atoms with E-state index in [2.05, 4.69) is 31.6 Å². The molecule has 13 heavy (non-hydrogen) atoms. The molecule has 0 aliphatic rings. The number of nitrogens with zero attached hydrogens (tertiary/aromatic N) is 1. The Morgan fingerprint density at radius 1 is 1.54 bits per heavy atom. The van der Waals surface area contributed by atoms with Crippen molar-refractivity contribution < 1.29 is 4.21 Å². The van der Waals surface area contributed by atoms with E-state index >= 15 is 0 Å². The van der Waals surface area contributed by atoms with Crippen LogP contribution < -0.4 is 0 Å². The molecule has 0 aliphatic heterocycles. The summed E-state index contributed by atoms with van der Waals surface area (Å²) in [5.41, 5.74) is 0.0353. The van der Waals surface area contributed by atoms with Crippen LogP contribution >= 0.6 is 11.3 Å². The Balaban J connectivity index is 3.16. The van der Waals surface area contributed by atoms with Gasteiger partial charge in [-0.15, -0.1) is 11.3 Å². The SMILES string of the molecule is C=S(C)(=O)c1cnc(C(C)(C)C)s1. The lowest BCUT2D eigenvalue weighted by molar-refractivity contribution is 0.585. The molecular formula is C9H15NOS2. The smallest absolute Gasteiger partial charge is 0.103 e. The largest absolute Gasteiger partial charge is 0.263 e. The predicted octanol–water partition coefficient (Wildman–Crippen LogP) is 2.15. The summed E-state index contributed by atoms with van der Waals surface area (Å²) in [5.74, 6) is 3.63. The van der Waals surface area contributed by atoms with Crippen molar-refractivity contribution in [2.45, 2.75) is 30.4 Å². The van der Waals surface area contributed by atoms with Gasteiger partial charge in [0.2, 0.25) is 0 Å². The highest BCUT2D eigenvalue weighted by atomic mass is 32.2. The minimum Gasteiger partial charge on any atom is -0.263 e. The summed E-state index contributed by atoms with van der Waals surface area (Å²) in [5, 5.41) is 1.01. The molecule has 1 unspecified atom stereocenters. The first kappa shape index (κ1) is 10.7. The number of hydrogen-bond donors (Lipinski definition) is 0. The highest BCUT2D eigenvalue weighted by Gasteiger charge is 2.19. The lowest BCUT2D eigenvalue weighted by atomic mass is 9.98. The average Bonchev–Trinajstić information content (AvgIpc) is 2.28. The fourth-order valence-electron chi connectivity index (χ4n) is 0.806. The van der Waals surface area contributed by atoms with Crippen molar-refractivity contribution in [1.29, 1.82) is 0 Å². The topological polar surface area (TPSA) is 30.0 Å². The maximum atomic E-state index is 11.6. The molecule has 1 aromatic heterocycles. The maximum absolute atomic E-state index is 11.6. The van der Waals surface area contributed by atoms with Crippen molar-refractivity contribution in [2.75, 3.05) is 6.26 Å². The molecule has 0 bridgehead atoms. The lowest BCUT2D eigenvalue weighted by Gasteiger charge is -2.13. The second kappa shape index (κ2) is 3.10. The first-order chi connectivity index (χ1) is 5.71. The Labute approximate surface area is 84.0 Å². The van der Waals surface area contributed by atoms with E-state index in [0.717, 1.165) is 9.22 Å². The van der Waals surface area contributed by atoms with Gasteiger partial charge in [0.1, 0.15) is 4.21 Å². The quantitative estimate of drug-likeness (QED) is 0.675. The van der Waals surface area contributed by atoms with Gasteiger partial charge in [0.15, 0.2) is 0 Å². The van der Waals surface area contributed by atoms with Crippen LogP contribution in [0.25, 0.3) is 0 Å². The van der Waals surface area contributed by atoms with E-state index in [1.807, 2.05) is 0 Å². The zero-order chi connectivity index (χ0) is 10.3. The van der Waals surface area contributed by atoms with Gasteiger partial charge in [0, 0.05) is 21.2 Å². The van der Waals surface area contributed by atoms with Crippen molar-refractivity contribution in [1.82, 2.24) is 4.98 Å². The van der Waals surface area contributed by atoms with Crippen LogP contribution in [0.5, 0.6) is 0 Å². The van der Waals surface area contributed by atoms with Gasteiger partial charge in [-0.3, -0.25) is 4.21 Å². The van der Waals surface area contributed by atoms with Crippen LogP contribution in [0, 0.1) is 0 Å². The van der Waals surface area contributed by atoms with Crippen LogP contribution in [-0.4, -0.2) is 21.3 Å². The van der Waals surface area contributed by atoms with Crippen LogP contribution in [-0.2, 0) is 14.9 Å². The van der Waals surface area contributed by atoms with Crippen molar-refractivity contribution in [3.05, 3.63) is 11.2 Å². The number of rotatable bonds is 1. The Morgan fingerprint density at radius 2 is 2.08 bits per heavy atom. The molecule has 0 spiro atoms. The van der Waals surface area contributed by atoms with E-state index < -0.39 is 9.52 Å². The highest BCUT2D eigenvalue weighted by Crippen LogP contribution is 2.28. The number of aromatic nitrogens is 1. The third-order valence-corrected chi connectivity index (χ3v) is 5.03. The molecular weight excluding hydrogens is 202 g/mol. The van der Waals surface area contributed by atoms with Gasteiger partial charge in [-0.1, -0.05) is 20.8 Å². The molecule has 0 aliphatic carbocycles. The van der Waals surface area contributed by atoms with Crippen LogP contribution in [0.4, 0.5) is 0 Å². The minimum absolute atomic E-state index is 0.0353. The van der Waals surface area contributed by atoms with Crippen molar-refractivity contribution >= 4 is 26.7 Å². The number of hydrogen-bond acceptors (Lipinski definition) is 3. The Morgan fingerprint density at radius 3 is 2.31 bits per heavy atom. The summed E-state index contributed by atoms with van der Waals surface area (Å²) in [4.78, 5) is 4.25. The summed E-state index contributed by atoms with van der Waals surface area (Å²) in [7, 11) is -2.09. The molecule has 0 saturated carbocycles. The van der Waals surface area contributed by atoms with Gasteiger partial charge in [-0.25, -0.2) is 4.98 Å². The summed E-state index contributed by atoms with van der Waals surface area (Å²) in [6, 6.07) is 0. The standard InChI is InChI=1S/C9H15NOS2/c1-9(2,3)8-10-6-7(12-8)13(4,5)11/h6H,4H2,1-3,5H3. The lowest BCUT2D eigenvalue weighted by Crippen LogP contribution is -2.09. The van der Waals surface area contributed by atoms with Crippen molar-refractivity contribution in [2.24, 2.45) is 0 Å². The van der Waals surface area contributed by atoms with Gasteiger partial charge in [-0.2, -0.15) is 0 Å². The Bertz CT molecular complexity index is 395. The monoisotopic (exact) mass is 217 g/mol. The molecule has 1 atom stereocenters. The first-order valence-corrected chi connectivity index (χ1v) is 6.95.